The molecule has 1 aromatic heterocycles. The van der Waals surface area contributed by atoms with Crippen molar-refractivity contribution in [3.8, 4) is 5.75 Å². The summed E-state index contributed by atoms with van der Waals surface area (Å²) in [6, 6.07) is 4.08. The summed E-state index contributed by atoms with van der Waals surface area (Å²) < 4.78 is 65.1. The number of nitrogens with zero attached hydrogens (tertiary/aromatic N) is 2. The van der Waals surface area contributed by atoms with Gasteiger partial charge in [0.15, 0.2) is 5.69 Å². The number of aromatic hydroxyl groups is 1. The lowest BCUT2D eigenvalue weighted by atomic mass is 10.1. The molecule has 27 heavy (non-hydrogen) atoms. The molecule has 1 amide bonds. The lowest BCUT2D eigenvalue weighted by Gasteiger charge is -2.16. The number of thiazole rings is 1. The van der Waals surface area contributed by atoms with Crippen molar-refractivity contribution < 1.29 is 31.5 Å². The molecule has 0 spiro atoms. The van der Waals surface area contributed by atoms with Crippen LogP contribution in [0.2, 0.25) is 0 Å². The first-order valence-corrected chi connectivity index (χ1v) is 9.92. The van der Waals surface area contributed by atoms with Crippen molar-refractivity contribution in [1.29, 1.82) is 0 Å². The number of amides is 1. The Morgan fingerprint density at radius 3 is 2.59 bits per heavy atom. The Balaban J connectivity index is 1.79. The molecular formula is C15H14F3N3O4S2. The minimum Gasteiger partial charge on any atom is -0.506 e. The molecule has 7 nitrogen and oxygen atoms in total. The number of nitrogens with one attached hydrogen (secondary N) is 1. The predicted octanol–water partition coefficient (Wildman–Crippen LogP) is 2.14. The van der Waals surface area contributed by atoms with Crippen LogP contribution in [0.25, 0.3) is 0 Å². The van der Waals surface area contributed by atoms with E-state index >= 15 is 0 Å². The molecule has 2 heterocycles. The molecule has 1 aromatic carbocycles. The summed E-state index contributed by atoms with van der Waals surface area (Å²) in [5.74, 6) is -1.11. The van der Waals surface area contributed by atoms with E-state index < -0.39 is 34.5 Å². The first-order chi connectivity index (χ1) is 12.5. The van der Waals surface area contributed by atoms with Crippen LogP contribution < -0.4 is 9.03 Å². The Morgan fingerprint density at radius 1 is 1.33 bits per heavy atom. The molecule has 0 saturated carbocycles. The number of phenolic OH excluding ortho intramolecular Hbond substituents is 1. The average molecular weight is 421 g/mol. The van der Waals surface area contributed by atoms with Gasteiger partial charge in [0.05, 0.1) is 10.7 Å². The zero-order valence-electron chi connectivity index (χ0n) is 13.9. The molecular weight excluding hydrogens is 407 g/mol. The fourth-order valence-corrected chi connectivity index (χ4v) is 4.83. The van der Waals surface area contributed by atoms with Gasteiger partial charge in [0.1, 0.15) is 12.3 Å². The van der Waals surface area contributed by atoms with E-state index in [0.717, 1.165) is 15.6 Å². The summed E-state index contributed by atoms with van der Waals surface area (Å²) in [5, 5.41) is 10.4. The van der Waals surface area contributed by atoms with E-state index in [9.17, 15) is 31.5 Å². The number of aryl methyl sites for hydroxylation is 3. The average Bonchev–Trinajstić information content (AvgIpc) is 3.04. The van der Waals surface area contributed by atoms with Crippen molar-refractivity contribution in [3.05, 3.63) is 39.3 Å². The van der Waals surface area contributed by atoms with E-state index in [4.69, 9.17) is 0 Å². The number of carbonyl (C=O) groups is 1. The van der Waals surface area contributed by atoms with Gasteiger partial charge in [-0.1, -0.05) is 6.07 Å². The van der Waals surface area contributed by atoms with Gasteiger partial charge in [-0.05, 0) is 37.5 Å². The number of rotatable bonds is 4. The third kappa shape index (κ3) is 4.00. The lowest BCUT2D eigenvalue weighted by Crippen LogP contribution is -2.29. The van der Waals surface area contributed by atoms with E-state index in [1.807, 2.05) is 0 Å². The van der Waals surface area contributed by atoms with Crippen molar-refractivity contribution in [3.63, 3.8) is 0 Å². The molecule has 12 heteroatoms. The van der Waals surface area contributed by atoms with Gasteiger partial charge in [-0.2, -0.15) is 21.6 Å². The third-order valence-corrected chi connectivity index (χ3v) is 6.26. The highest BCUT2D eigenvalue weighted by molar-refractivity contribution is 7.92. The van der Waals surface area contributed by atoms with E-state index in [1.54, 1.807) is 4.72 Å². The lowest BCUT2D eigenvalue weighted by molar-refractivity contribution is -0.141. The number of aromatic nitrogens is 1. The van der Waals surface area contributed by atoms with Crippen LogP contribution in [0.15, 0.2) is 18.2 Å². The monoisotopic (exact) mass is 421 g/mol. The van der Waals surface area contributed by atoms with Gasteiger partial charge >= 0.3 is 16.4 Å². The second-order valence-corrected chi connectivity index (χ2v) is 8.75. The molecule has 3 rings (SSSR count). The number of anilines is 1. The maximum atomic E-state index is 13.0. The SMILES string of the molecule is Cc1nc(C(F)(F)F)c(CCc2ccc(N3CC(=O)NS3(=O)=O)c(O)c2)s1. The van der Waals surface area contributed by atoms with Gasteiger partial charge in [-0.15, -0.1) is 11.3 Å². The third-order valence-electron chi connectivity index (χ3n) is 3.84. The Labute approximate surface area is 156 Å². The molecule has 1 fully saturated rings. The number of hydrogen-bond donors (Lipinski definition) is 2. The van der Waals surface area contributed by atoms with Gasteiger partial charge in [-0.3, -0.25) is 4.79 Å². The highest BCUT2D eigenvalue weighted by Crippen LogP contribution is 2.36. The van der Waals surface area contributed by atoms with Crippen LogP contribution in [0, 0.1) is 6.92 Å². The maximum Gasteiger partial charge on any atom is 0.434 e. The standard InChI is InChI=1S/C15H14F3N3O4S2/c1-8-19-14(15(16,17)18)12(26-8)5-3-9-2-4-10(11(22)6-9)21-7-13(23)20-27(21,24)25/h2,4,6,22H,3,5,7H2,1H3,(H,20,23). The van der Waals surface area contributed by atoms with Gasteiger partial charge in [0, 0.05) is 4.88 Å². The number of carbonyl (C=O) groups excluding carboxylic acids is 1. The zero-order valence-corrected chi connectivity index (χ0v) is 15.5. The topological polar surface area (TPSA) is 99.6 Å². The minimum absolute atomic E-state index is 0.0706. The number of benzene rings is 1. The largest absolute Gasteiger partial charge is 0.506 e. The van der Waals surface area contributed by atoms with E-state index in [-0.39, 0.29) is 29.2 Å². The number of halogens is 3. The Hall–Kier alpha value is -2.34. The van der Waals surface area contributed by atoms with Crippen molar-refractivity contribution in [2.24, 2.45) is 0 Å². The Kier molecular flexibility index (Phi) is 4.80. The van der Waals surface area contributed by atoms with Crippen molar-refractivity contribution in [1.82, 2.24) is 9.71 Å². The highest BCUT2D eigenvalue weighted by atomic mass is 32.2. The van der Waals surface area contributed by atoms with E-state index in [0.29, 0.717) is 10.6 Å². The fraction of sp³-hybridized carbons (Fsp3) is 0.333. The summed E-state index contributed by atoms with van der Waals surface area (Å²) in [6.07, 6.45) is -4.26. The number of hydrogen-bond acceptors (Lipinski definition) is 6. The Morgan fingerprint density at radius 2 is 2.04 bits per heavy atom. The molecule has 1 saturated heterocycles. The summed E-state index contributed by atoms with van der Waals surface area (Å²) in [7, 11) is -4.06. The highest BCUT2D eigenvalue weighted by Gasteiger charge is 2.37. The second kappa shape index (κ2) is 6.68. The van der Waals surface area contributed by atoms with Gasteiger partial charge < -0.3 is 5.11 Å². The molecule has 2 N–H and O–H groups in total. The first kappa shape index (κ1) is 19.4. The Bertz CT molecular complexity index is 1000. The normalized spacial score (nSPS) is 16.6. The van der Waals surface area contributed by atoms with Gasteiger partial charge in [-0.25, -0.2) is 14.0 Å². The van der Waals surface area contributed by atoms with Crippen LogP contribution in [-0.2, 0) is 34.0 Å². The van der Waals surface area contributed by atoms with E-state index in [2.05, 4.69) is 4.98 Å². The summed E-state index contributed by atoms with van der Waals surface area (Å²) in [5.41, 5.74) is -0.466. The molecule has 0 radical (unpaired) electrons. The maximum absolute atomic E-state index is 13.0. The summed E-state index contributed by atoms with van der Waals surface area (Å²) in [4.78, 5) is 14.9. The van der Waals surface area contributed by atoms with Gasteiger partial charge in [0.2, 0.25) is 0 Å². The van der Waals surface area contributed by atoms with Crippen LogP contribution in [0.3, 0.4) is 0 Å². The number of phenols is 1. The van der Waals surface area contributed by atoms with Crippen molar-refractivity contribution >= 4 is 33.1 Å². The van der Waals surface area contributed by atoms with E-state index in [1.165, 1.54) is 25.1 Å². The molecule has 0 unspecified atom stereocenters. The van der Waals surface area contributed by atoms with Crippen LogP contribution in [0.4, 0.5) is 18.9 Å². The predicted molar refractivity (Wildman–Crippen MR) is 91.8 cm³/mol. The molecule has 0 bridgehead atoms. The quantitative estimate of drug-likeness (QED) is 0.788. The number of alkyl halides is 3. The molecule has 1 aliphatic heterocycles. The molecule has 146 valence electrons. The zero-order chi connectivity index (χ0) is 20.0. The molecule has 2 aromatic rings. The molecule has 0 aliphatic carbocycles. The van der Waals surface area contributed by atoms with Crippen LogP contribution in [0.5, 0.6) is 5.75 Å². The van der Waals surface area contributed by atoms with Crippen molar-refractivity contribution in [2.75, 3.05) is 10.8 Å². The smallest absolute Gasteiger partial charge is 0.434 e. The molecule has 1 aliphatic rings. The second-order valence-electron chi connectivity index (χ2n) is 5.86. The molecule has 0 atom stereocenters. The van der Waals surface area contributed by atoms with Crippen molar-refractivity contribution in [2.45, 2.75) is 25.9 Å². The minimum atomic E-state index is -4.53. The van der Waals surface area contributed by atoms with Crippen LogP contribution in [-0.4, -0.2) is 31.0 Å². The van der Waals surface area contributed by atoms with Crippen LogP contribution in [0.1, 0.15) is 21.1 Å². The summed E-state index contributed by atoms with van der Waals surface area (Å²) >= 11 is 0.961. The van der Waals surface area contributed by atoms with Crippen LogP contribution >= 0.6 is 11.3 Å². The fourth-order valence-electron chi connectivity index (χ4n) is 2.71. The van der Waals surface area contributed by atoms with Gasteiger partial charge in [0.25, 0.3) is 5.91 Å². The first-order valence-electron chi connectivity index (χ1n) is 7.66. The summed E-state index contributed by atoms with van der Waals surface area (Å²) in [6.45, 7) is 1.04.